The van der Waals surface area contributed by atoms with Gasteiger partial charge < -0.3 is 13.6 Å². The highest BCUT2D eigenvalue weighted by atomic mass is 16.5. The molecule has 3 rings (SSSR count). The molecule has 0 amide bonds. The van der Waals surface area contributed by atoms with Crippen molar-refractivity contribution in [2.75, 3.05) is 6.61 Å². The van der Waals surface area contributed by atoms with Crippen LogP contribution in [0.1, 0.15) is 41.7 Å². The molecule has 3 aromatic rings. The monoisotopic (exact) mass is 332 g/mol. The standard InChI is InChI=1S/C15H16N4O5/c1-4-9-17-18-10(24-9)6-19-7-16-13-12(14(19)20)11(8(3)23-13)15(21)22-5-2/h7H,4-6H2,1-3H3. The predicted octanol–water partition coefficient (Wildman–Crippen LogP) is 1.47. The number of rotatable bonds is 5. The van der Waals surface area contributed by atoms with E-state index in [1.807, 2.05) is 6.92 Å². The maximum Gasteiger partial charge on any atom is 0.342 e. The molecule has 126 valence electrons. The molecule has 0 saturated heterocycles. The fourth-order valence-electron chi connectivity index (χ4n) is 2.34. The van der Waals surface area contributed by atoms with Gasteiger partial charge in [-0.3, -0.25) is 9.36 Å². The first kappa shape index (κ1) is 15.9. The van der Waals surface area contributed by atoms with E-state index < -0.39 is 11.5 Å². The third-order valence-electron chi connectivity index (χ3n) is 3.45. The van der Waals surface area contributed by atoms with Crippen LogP contribution in [0.3, 0.4) is 0 Å². The van der Waals surface area contributed by atoms with Gasteiger partial charge >= 0.3 is 5.97 Å². The van der Waals surface area contributed by atoms with Crippen molar-refractivity contribution in [2.45, 2.75) is 33.7 Å². The maximum absolute atomic E-state index is 12.7. The first-order valence-corrected chi connectivity index (χ1v) is 7.52. The summed E-state index contributed by atoms with van der Waals surface area (Å²) in [5.74, 6) is 0.444. The molecular formula is C15H16N4O5. The molecule has 3 aromatic heterocycles. The SMILES string of the molecule is CCOC(=O)c1c(C)oc2ncn(Cc3nnc(CC)o3)c(=O)c12. The minimum Gasteiger partial charge on any atom is -0.462 e. The largest absolute Gasteiger partial charge is 0.462 e. The topological polar surface area (TPSA) is 113 Å². The quantitative estimate of drug-likeness (QED) is 0.645. The minimum atomic E-state index is -0.614. The Kier molecular flexibility index (Phi) is 4.15. The molecule has 0 atom stereocenters. The average molecular weight is 332 g/mol. The molecule has 0 spiro atoms. The van der Waals surface area contributed by atoms with Crippen molar-refractivity contribution in [2.24, 2.45) is 0 Å². The van der Waals surface area contributed by atoms with Gasteiger partial charge in [0.1, 0.15) is 29.6 Å². The van der Waals surface area contributed by atoms with E-state index >= 15 is 0 Å². The van der Waals surface area contributed by atoms with E-state index in [2.05, 4.69) is 15.2 Å². The first-order chi connectivity index (χ1) is 11.5. The summed E-state index contributed by atoms with van der Waals surface area (Å²) in [6, 6.07) is 0. The Morgan fingerprint density at radius 2 is 2.00 bits per heavy atom. The fourth-order valence-corrected chi connectivity index (χ4v) is 2.34. The second-order valence-electron chi connectivity index (χ2n) is 5.05. The summed E-state index contributed by atoms with van der Waals surface area (Å²) in [4.78, 5) is 28.9. The van der Waals surface area contributed by atoms with E-state index in [9.17, 15) is 9.59 Å². The van der Waals surface area contributed by atoms with Crippen LogP contribution in [-0.4, -0.2) is 32.3 Å². The molecule has 0 aliphatic heterocycles. The number of ether oxygens (including phenoxy) is 1. The van der Waals surface area contributed by atoms with Gasteiger partial charge in [0.15, 0.2) is 0 Å². The highest BCUT2D eigenvalue weighted by Gasteiger charge is 2.24. The summed E-state index contributed by atoms with van der Waals surface area (Å²) < 4.78 is 17.1. The van der Waals surface area contributed by atoms with E-state index in [-0.39, 0.29) is 41.5 Å². The number of carbonyl (C=O) groups is 1. The summed E-state index contributed by atoms with van der Waals surface area (Å²) in [6.45, 7) is 5.41. The number of aryl methyl sites for hydroxylation is 2. The number of hydrogen-bond donors (Lipinski definition) is 0. The van der Waals surface area contributed by atoms with Crippen LogP contribution in [0.5, 0.6) is 0 Å². The molecule has 24 heavy (non-hydrogen) atoms. The van der Waals surface area contributed by atoms with Gasteiger partial charge in [0, 0.05) is 6.42 Å². The van der Waals surface area contributed by atoms with Gasteiger partial charge in [-0.05, 0) is 13.8 Å². The van der Waals surface area contributed by atoms with Crippen molar-refractivity contribution in [1.82, 2.24) is 19.7 Å². The lowest BCUT2D eigenvalue weighted by atomic mass is 10.2. The average Bonchev–Trinajstić information content (AvgIpc) is 3.14. The van der Waals surface area contributed by atoms with Crippen LogP contribution < -0.4 is 5.56 Å². The van der Waals surface area contributed by atoms with Crippen molar-refractivity contribution in [3.8, 4) is 0 Å². The predicted molar refractivity (Wildman–Crippen MR) is 81.7 cm³/mol. The molecule has 0 radical (unpaired) electrons. The molecule has 0 aliphatic rings. The lowest BCUT2D eigenvalue weighted by Gasteiger charge is -2.02. The highest BCUT2D eigenvalue weighted by Crippen LogP contribution is 2.21. The molecule has 0 bridgehead atoms. The summed E-state index contributed by atoms with van der Waals surface area (Å²) in [5, 5.41) is 7.82. The number of carbonyl (C=O) groups excluding carboxylic acids is 1. The number of furan rings is 1. The van der Waals surface area contributed by atoms with Gasteiger partial charge in [0.25, 0.3) is 5.56 Å². The number of aromatic nitrogens is 4. The zero-order chi connectivity index (χ0) is 17.3. The summed E-state index contributed by atoms with van der Waals surface area (Å²) >= 11 is 0. The Labute approximate surface area is 136 Å². The molecule has 0 unspecified atom stereocenters. The zero-order valence-electron chi connectivity index (χ0n) is 13.5. The van der Waals surface area contributed by atoms with Crippen LogP contribution in [-0.2, 0) is 17.7 Å². The Bertz CT molecular complexity index is 953. The third-order valence-corrected chi connectivity index (χ3v) is 3.45. The Morgan fingerprint density at radius 1 is 1.25 bits per heavy atom. The molecule has 0 fully saturated rings. The summed E-state index contributed by atoms with van der Waals surface area (Å²) in [5.41, 5.74) is -0.244. The van der Waals surface area contributed by atoms with Gasteiger partial charge in [-0.2, -0.15) is 0 Å². The normalized spacial score (nSPS) is 11.1. The minimum absolute atomic E-state index is 0.0568. The second-order valence-corrected chi connectivity index (χ2v) is 5.05. The number of nitrogens with zero attached hydrogens (tertiary/aromatic N) is 4. The maximum atomic E-state index is 12.7. The fraction of sp³-hybridized carbons (Fsp3) is 0.400. The van der Waals surface area contributed by atoms with Crippen molar-refractivity contribution in [3.05, 3.63) is 39.8 Å². The number of hydrogen-bond acceptors (Lipinski definition) is 8. The van der Waals surface area contributed by atoms with Gasteiger partial charge in [0.2, 0.25) is 17.5 Å². The van der Waals surface area contributed by atoms with E-state index in [0.29, 0.717) is 12.3 Å². The summed E-state index contributed by atoms with van der Waals surface area (Å²) in [6.07, 6.45) is 1.92. The lowest BCUT2D eigenvalue weighted by Crippen LogP contribution is -2.22. The van der Waals surface area contributed by atoms with Crippen LogP contribution in [0.4, 0.5) is 0 Å². The highest BCUT2D eigenvalue weighted by molar-refractivity contribution is 6.03. The van der Waals surface area contributed by atoms with Crippen LogP contribution >= 0.6 is 0 Å². The van der Waals surface area contributed by atoms with Gasteiger partial charge in [0.05, 0.1) is 6.61 Å². The second kappa shape index (κ2) is 6.26. The van der Waals surface area contributed by atoms with Crippen molar-refractivity contribution in [3.63, 3.8) is 0 Å². The van der Waals surface area contributed by atoms with Crippen LogP contribution in [0.2, 0.25) is 0 Å². The lowest BCUT2D eigenvalue weighted by molar-refractivity contribution is 0.0526. The van der Waals surface area contributed by atoms with Crippen molar-refractivity contribution >= 4 is 17.1 Å². The molecular weight excluding hydrogens is 316 g/mol. The molecule has 0 aromatic carbocycles. The Hall–Kier alpha value is -2.97. The molecule has 9 heteroatoms. The Balaban J connectivity index is 2.07. The number of esters is 1. The number of fused-ring (bicyclic) bond motifs is 1. The summed E-state index contributed by atoms with van der Waals surface area (Å²) in [7, 11) is 0. The van der Waals surface area contributed by atoms with Crippen molar-refractivity contribution < 1.29 is 18.4 Å². The molecule has 9 nitrogen and oxygen atoms in total. The van der Waals surface area contributed by atoms with E-state index in [4.69, 9.17) is 13.6 Å². The molecule has 0 aliphatic carbocycles. The molecule has 0 N–H and O–H groups in total. The smallest absolute Gasteiger partial charge is 0.342 e. The van der Waals surface area contributed by atoms with E-state index in [0.717, 1.165) is 0 Å². The van der Waals surface area contributed by atoms with Crippen molar-refractivity contribution in [1.29, 1.82) is 0 Å². The van der Waals surface area contributed by atoms with Gasteiger partial charge in [-0.1, -0.05) is 6.92 Å². The third kappa shape index (κ3) is 2.68. The van der Waals surface area contributed by atoms with Gasteiger partial charge in [-0.25, -0.2) is 9.78 Å². The van der Waals surface area contributed by atoms with E-state index in [1.165, 1.54) is 10.9 Å². The zero-order valence-corrected chi connectivity index (χ0v) is 13.5. The van der Waals surface area contributed by atoms with E-state index in [1.54, 1.807) is 13.8 Å². The van der Waals surface area contributed by atoms with Crippen LogP contribution in [0.25, 0.3) is 11.1 Å². The molecule has 3 heterocycles. The van der Waals surface area contributed by atoms with Gasteiger partial charge in [-0.15, -0.1) is 10.2 Å². The molecule has 0 saturated carbocycles. The Morgan fingerprint density at radius 3 is 2.67 bits per heavy atom. The first-order valence-electron chi connectivity index (χ1n) is 7.52. The van der Waals surface area contributed by atoms with Crippen LogP contribution in [0, 0.1) is 6.92 Å². The van der Waals surface area contributed by atoms with Crippen LogP contribution in [0.15, 0.2) is 20.0 Å².